The van der Waals surface area contributed by atoms with Crippen molar-refractivity contribution >= 4 is 22.4 Å². The van der Waals surface area contributed by atoms with Gasteiger partial charge in [-0.1, -0.05) is 42.5 Å². The van der Waals surface area contributed by atoms with E-state index in [1.807, 2.05) is 42.5 Å². The fourth-order valence-corrected chi connectivity index (χ4v) is 2.53. The van der Waals surface area contributed by atoms with Gasteiger partial charge in [0.15, 0.2) is 0 Å². The van der Waals surface area contributed by atoms with Gasteiger partial charge in [0.25, 0.3) is 5.91 Å². The number of nitrogens with zero attached hydrogens (tertiary/aromatic N) is 2. The third-order valence-corrected chi connectivity index (χ3v) is 4.13. The van der Waals surface area contributed by atoms with E-state index >= 15 is 0 Å². The van der Waals surface area contributed by atoms with Crippen molar-refractivity contribution in [2.75, 3.05) is 46.6 Å². The van der Waals surface area contributed by atoms with Crippen LogP contribution in [-0.2, 0) is 17.1 Å². The third kappa shape index (κ3) is 8.26. The first kappa shape index (κ1) is 24.7. The van der Waals surface area contributed by atoms with Crippen LogP contribution in [0.2, 0.25) is 0 Å². The van der Waals surface area contributed by atoms with Crippen LogP contribution in [0.15, 0.2) is 66.7 Å². The quantitative estimate of drug-likeness (QED) is 0.588. The second-order valence-corrected chi connectivity index (χ2v) is 7.14. The summed E-state index contributed by atoms with van der Waals surface area (Å²) in [4.78, 5) is 16.6. The number of likely N-dealkylation sites (N-methyl/N-ethyl adjacent to an activating group) is 2. The molecule has 0 heterocycles. The Morgan fingerprint density at radius 3 is 1.83 bits per heavy atom. The number of phenols is 1. The fraction of sp³-hybridized carbons (Fsp3) is 0.261. The van der Waals surface area contributed by atoms with E-state index in [0.717, 1.165) is 23.9 Å². The molecule has 0 unspecified atom stereocenters. The zero-order valence-corrected chi connectivity index (χ0v) is 18.3. The fourth-order valence-electron chi connectivity index (χ4n) is 2.53. The normalized spacial score (nSPS) is 10.3. The molecule has 2 N–H and O–H groups in total. The molecule has 158 valence electrons. The van der Waals surface area contributed by atoms with Crippen LogP contribution in [0.3, 0.4) is 0 Å². The van der Waals surface area contributed by atoms with E-state index in [1.165, 1.54) is 0 Å². The number of carbonyl (C=O) groups is 1. The van der Waals surface area contributed by atoms with Crippen molar-refractivity contribution in [3.8, 4) is 5.75 Å². The first-order valence-corrected chi connectivity index (χ1v) is 9.24. The Kier molecular flexibility index (Phi) is 10.4. The van der Waals surface area contributed by atoms with Crippen LogP contribution in [-0.4, -0.2) is 62.1 Å². The van der Waals surface area contributed by atoms with Gasteiger partial charge in [-0.15, -0.1) is 0 Å². The van der Waals surface area contributed by atoms with Crippen molar-refractivity contribution in [1.29, 1.82) is 0 Å². The molecular formula is C23H29CuN3O2+. The van der Waals surface area contributed by atoms with Gasteiger partial charge in [-0.05, 0) is 63.2 Å². The Balaban J connectivity index is 0.000000403. The van der Waals surface area contributed by atoms with Crippen LogP contribution >= 0.6 is 0 Å². The summed E-state index contributed by atoms with van der Waals surface area (Å²) in [5.74, 6) is -0.336. The zero-order valence-electron chi connectivity index (χ0n) is 17.3. The van der Waals surface area contributed by atoms with Crippen molar-refractivity contribution in [2.24, 2.45) is 0 Å². The van der Waals surface area contributed by atoms with Gasteiger partial charge in [0.1, 0.15) is 5.75 Å². The molecule has 0 aromatic heterocycles. The second kappa shape index (κ2) is 12.2. The van der Waals surface area contributed by atoms with Gasteiger partial charge < -0.3 is 20.2 Å². The van der Waals surface area contributed by atoms with Gasteiger partial charge in [0, 0.05) is 18.8 Å². The molecule has 0 saturated heterocycles. The van der Waals surface area contributed by atoms with Crippen molar-refractivity contribution in [3.05, 3.63) is 72.3 Å². The monoisotopic (exact) mass is 442 g/mol. The maximum Gasteiger partial charge on any atom is 1.00 e. The van der Waals surface area contributed by atoms with Crippen molar-refractivity contribution in [2.45, 2.75) is 0 Å². The van der Waals surface area contributed by atoms with Crippen LogP contribution in [0.4, 0.5) is 5.69 Å². The van der Waals surface area contributed by atoms with Crippen LogP contribution < -0.4 is 5.32 Å². The van der Waals surface area contributed by atoms with E-state index < -0.39 is 0 Å². The molecule has 0 radical (unpaired) electrons. The molecular weight excluding hydrogens is 414 g/mol. The topological polar surface area (TPSA) is 55.8 Å². The molecule has 3 aromatic rings. The Morgan fingerprint density at radius 2 is 1.31 bits per heavy atom. The van der Waals surface area contributed by atoms with Crippen LogP contribution in [0.25, 0.3) is 10.8 Å². The smallest absolute Gasteiger partial charge is 0.507 e. The van der Waals surface area contributed by atoms with Crippen LogP contribution in [0.1, 0.15) is 10.4 Å². The largest absolute Gasteiger partial charge is 1.00 e. The summed E-state index contributed by atoms with van der Waals surface area (Å²) in [6.07, 6.45) is 0. The van der Waals surface area contributed by atoms with Gasteiger partial charge in [0.2, 0.25) is 0 Å². The van der Waals surface area contributed by atoms with E-state index in [-0.39, 0.29) is 34.3 Å². The number of hydrogen-bond donors (Lipinski definition) is 2. The first-order valence-electron chi connectivity index (χ1n) is 9.24. The summed E-state index contributed by atoms with van der Waals surface area (Å²) in [6, 6.07) is 20.1. The Hall–Kier alpha value is -2.37. The number of aromatic hydroxyl groups is 1. The molecule has 0 saturated carbocycles. The van der Waals surface area contributed by atoms with Crippen molar-refractivity contribution < 1.29 is 27.0 Å². The number of benzene rings is 3. The number of amides is 1. The summed E-state index contributed by atoms with van der Waals surface area (Å²) < 4.78 is 0. The molecule has 0 aliphatic carbocycles. The molecule has 6 heteroatoms. The van der Waals surface area contributed by atoms with Gasteiger partial charge in [-0.25, -0.2) is 0 Å². The number of fused-ring (bicyclic) bond motifs is 1. The minimum absolute atomic E-state index is 0. The number of carbonyl (C=O) groups excluding carboxylic acids is 1. The van der Waals surface area contributed by atoms with Crippen molar-refractivity contribution in [1.82, 2.24) is 9.80 Å². The van der Waals surface area contributed by atoms with Gasteiger partial charge in [0.05, 0.1) is 5.56 Å². The molecule has 0 bridgehead atoms. The van der Waals surface area contributed by atoms with Gasteiger partial charge in [-0.2, -0.15) is 0 Å². The molecule has 29 heavy (non-hydrogen) atoms. The van der Waals surface area contributed by atoms with Gasteiger partial charge >= 0.3 is 17.1 Å². The molecule has 0 spiro atoms. The van der Waals surface area contributed by atoms with E-state index in [4.69, 9.17) is 0 Å². The molecule has 0 aliphatic heterocycles. The van der Waals surface area contributed by atoms with Gasteiger partial charge in [-0.3, -0.25) is 4.79 Å². The summed E-state index contributed by atoms with van der Waals surface area (Å²) >= 11 is 0. The Morgan fingerprint density at radius 1 is 0.828 bits per heavy atom. The Bertz CT molecular complexity index is 891. The molecule has 3 aromatic carbocycles. The minimum atomic E-state index is -0.320. The predicted octanol–water partition coefficient (Wildman–Crippen LogP) is 3.90. The number of anilines is 1. The molecule has 3 rings (SSSR count). The number of nitrogens with one attached hydrogen (secondary N) is 1. The molecule has 1 amide bonds. The number of para-hydroxylation sites is 1. The van der Waals surface area contributed by atoms with Crippen LogP contribution in [0.5, 0.6) is 5.75 Å². The summed E-state index contributed by atoms with van der Waals surface area (Å²) in [7, 11) is 8.35. The number of hydrogen-bond acceptors (Lipinski definition) is 4. The van der Waals surface area contributed by atoms with Crippen molar-refractivity contribution in [3.63, 3.8) is 0 Å². The van der Waals surface area contributed by atoms with E-state index in [9.17, 15) is 9.90 Å². The summed E-state index contributed by atoms with van der Waals surface area (Å²) in [5.41, 5.74) is 0.970. The third-order valence-electron chi connectivity index (χ3n) is 4.13. The second-order valence-electron chi connectivity index (χ2n) is 7.14. The summed E-state index contributed by atoms with van der Waals surface area (Å²) in [6.45, 7) is 2.29. The predicted molar refractivity (Wildman–Crippen MR) is 117 cm³/mol. The minimum Gasteiger partial charge on any atom is -0.507 e. The van der Waals surface area contributed by atoms with Crippen LogP contribution in [0, 0.1) is 0 Å². The van der Waals surface area contributed by atoms with E-state index in [1.54, 1.807) is 24.3 Å². The average Bonchev–Trinajstić information content (AvgIpc) is 2.67. The maximum atomic E-state index is 12.2. The average molecular weight is 443 g/mol. The maximum absolute atomic E-state index is 12.2. The molecule has 0 aliphatic rings. The summed E-state index contributed by atoms with van der Waals surface area (Å²) in [5, 5.41) is 14.6. The first-order chi connectivity index (χ1) is 13.4. The van der Waals surface area contributed by atoms with E-state index in [0.29, 0.717) is 5.69 Å². The SMILES string of the molecule is CN(C)CCN(C)C.O=C(Nc1ccccc1)c1cc2ccccc2cc1O.[Cu+]. The molecule has 0 atom stereocenters. The van der Waals surface area contributed by atoms with E-state index in [2.05, 4.69) is 43.3 Å². The Labute approximate surface area is 183 Å². The zero-order chi connectivity index (χ0) is 20.5. The number of rotatable bonds is 5. The standard InChI is InChI=1S/C17H13NO2.C6H16N2.Cu/c19-16-11-13-7-5-4-6-12(13)10-15(16)17(20)18-14-8-2-1-3-9-14;1-7(2)5-6-8(3)4;/h1-11,19H,(H,18,20);5-6H2,1-4H3;/q;;+1. The number of phenolic OH excluding ortho intramolecular Hbond substituents is 1. The molecule has 5 nitrogen and oxygen atoms in total. The molecule has 0 fully saturated rings.